The molecule has 7 N–H and O–H groups in total. The Morgan fingerprint density at radius 3 is 1.93 bits per heavy atom. The van der Waals surface area contributed by atoms with Gasteiger partial charge in [-0.15, -0.1) is 0 Å². The third kappa shape index (κ3) is 33.5. The molecule has 9 atom stereocenters. The molecule has 0 saturated carbocycles. The number of phosphoric acid groups is 2. The fourth-order valence-corrected chi connectivity index (χ4v) is 9.92. The second kappa shape index (κ2) is 41.2. The summed E-state index contributed by atoms with van der Waals surface area (Å²) in [4.78, 5) is 62.0. The number of aromatic nitrogens is 2. The highest BCUT2D eigenvalue weighted by atomic mass is 31.3. The van der Waals surface area contributed by atoms with Gasteiger partial charge in [-0.2, -0.15) is 9.29 Å². The molecule has 0 radical (unpaired) electrons. The molecule has 4 unspecified atom stereocenters. The Hall–Kier alpha value is -3.84. The van der Waals surface area contributed by atoms with E-state index in [2.05, 4.69) is 66.5 Å². The molecule has 0 aromatic carbocycles. The Morgan fingerprint density at radius 2 is 1.33 bits per heavy atom. The molecule has 432 valence electrons. The Balaban J connectivity index is 1.83. The van der Waals surface area contributed by atoms with Crippen LogP contribution in [0.25, 0.3) is 0 Å². The van der Waals surface area contributed by atoms with Gasteiger partial charge < -0.3 is 45.1 Å². The van der Waals surface area contributed by atoms with Crippen molar-refractivity contribution in [3.05, 3.63) is 95.7 Å². The molecule has 1 saturated heterocycles. The van der Waals surface area contributed by atoms with Crippen molar-refractivity contribution in [3.8, 4) is 0 Å². The minimum atomic E-state index is -5.47. The zero-order chi connectivity index (χ0) is 55.9. The Bertz CT molecular complexity index is 2090. The normalized spacial score (nSPS) is 20.1. The largest absolute Gasteiger partial charge is 0.481 e. The van der Waals surface area contributed by atoms with Gasteiger partial charge in [0, 0.05) is 19.0 Å². The second-order valence-corrected chi connectivity index (χ2v) is 22.2. The summed E-state index contributed by atoms with van der Waals surface area (Å²) in [5.74, 6) is -0.648. The number of aliphatic hydroxyl groups excluding tert-OH is 3. The number of allylic oxidation sites excluding steroid dienone is 10. The van der Waals surface area contributed by atoms with Gasteiger partial charge in [-0.25, -0.2) is 13.9 Å². The van der Waals surface area contributed by atoms with Crippen molar-refractivity contribution in [2.45, 2.75) is 212 Å². The van der Waals surface area contributed by atoms with E-state index >= 15 is 0 Å². The van der Waals surface area contributed by atoms with Crippen molar-refractivity contribution in [2.24, 2.45) is 5.92 Å². The quantitative estimate of drug-likeness (QED) is 0.0116. The average molecular weight is 1110 g/mol. The first kappa shape index (κ1) is 68.3. The van der Waals surface area contributed by atoms with Crippen LogP contribution in [0.15, 0.2) is 90.0 Å². The molecule has 19 nitrogen and oxygen atoms in total. The molecule has 1 aromatic rings. The van der Waals surface area contributed by atoms with Crippen molar-refractivity contribution in [3.63, 3.8) is 0 Å². The maximum absolute atomic E-state index is 12.9. The van der Waals surface area contributed by atoms with Crippen molar-refractivity contribution in [1.82, 2.24) is 9.55 Å². The van der Waals surface area contributed by atoms with Crippen molar-refractivity contribution in [1.29, 1.82) is 0 Å². The molecular formula is C55H91N3O16P2. The molecule has 76 heavy (non-hydrogen) atoms. The standard InChI is InChI=1S/C55H91N3O16P2/c1-4-6-7-8-9-10-11-14-18-21-24-27-31-36-46(59)37-32-29-34-39-51(61)72-47(42-69-50(60)38-33-28-25-22-19-16-13-12-15-17-20-23-26-30-35-45(3)5-2)43-70-75(65,66)74-76(67,68)71-44-48-52(62)53(63)54(73-48)58-41-40-49(56)57-55(58)64/h6-7,9-10,14,18,24,27,29,31-32,36,40-41,45-48,52-54,59,62-63H,4-5,8,11-13,15-17,19-23,25-26,28,30,33-35,37-39,42-44H2,1-3H3,(H,65,66)(H,67,68)(H2,56,57,64)/b7-6-,10-9-,18-14-,27-24-,32-29-,36-31-/t45?,46?,47-,48-,52-,53-,54-/m1/s1. The maximum atomic E-state index is 12.9. The third-order valence-electron chi connectivity index (χ3n) is 12.4. The predicted molar refractivity (Wildman–Crippen MR) is 294 cm³/mol. The van der Waals surface area contributed by atoms with E-state index in [1.807, 2.05) is 12.2 Å². The van der Waals surface area contributed by atoms with Crippen LogP contribution in [0.5, 0.6) is 0 Å². The van der Waals surface area contributed by atoms with Gasteiger partial charge >= 0.3 is 33.3 Å². The molecule has 1 aromatic heterocycles. The SMILES string of the molecule is CC/C=C\C/C=C\C/C=C\C/C=C\C=C/C(O)C/C=C\CCC(=O)O[C@H](COC(=O)CCCCCCCCCCCCCCCCC(C)CC)COP(=O)(O)OP(=O)(O)OC[C@H]1O[C@@H](n2ccc(N)nc2=O)[C@H](O)[C@@H]1O. The zero-order valence-electron chi connectivity index (χ0n) is 45.3. The van der Waals surface area contributed by atoms with Crippen LogP contribution >= 0.6 is 15.6 Å². The number of carbonyl (C=O) groups is 2. The molecule has 2 heterocycles. The van der Waals surface area contributed by atoms with E-state index < -0.39 is 89.8 Å². The van der Waals surface area contributed by atoms with Crippen molar-refractivity contribution < 1.29 is 71.4 Å². The van der Waals surface area contributed by atoms with Crippen molar-refractivity contribution in [2.75, 3.05) is 25.6 Å². The van der Waals surface area contributed by atoms with E-state index in [-0.39, 0.29) is 31.5 Å². The minimum Gasteiger partial charge on any atom is -0.462 e. The lowest BCUT2D eigenvalue weighted by Gasteiger charge is -2.21. The Labute approximate surface area is 451 Å². The molecular weight excluding hydrogens is 1020 g/mol. The lowest BCUT2D eigenvalue weighted by Crippen LogP contribution is -2.36. The number of nitrogens with two attached hydrogens (primary N) is 1. The molecule has 0 aliphatic carbocycles. The summed E-state index contributed by atoms with van der Waals surface area (Å²) in [5.41, 5.74) is 4.58. The molecule has 2 rings (SSSR count). The maximum Gasteiger partial charge on any atom is 0.481 e. The number of rotatable bonds is 44. The van der Waals surface area contributed by atoms with E-state index in [1.165, 1.54) is 76.7 Å². The number of nitrogen functional groups attached to an aromatic ring is 1. The van der Waals surface area contributed by atoms with Crippen LogP contribution in [0, 0.1) is 5.92 Å². The highest BCUT2D eigenvalue weighted by Crippen LogP contribution is 2.60. The van der Waals surface area contributed by atoms with Crippen molar-refractivity contribution >= 4 is 33.4 Å². The summed E-state index contributed by atoms with van der Waals surface area (Å²) >= 11 is 0. The molecule has 1 fully saturated rings. The highest BCUT2D eigenvalue weighted by Gasteiger charge is 2.46. The van der Waals surface area contributed by atoms with E-state index in [1.54, 1.807) is 24.3 Å². The van der Waals surface area contributed by atoms with Gasteiger partial charge in [0.1, 0.15) is 30.7 Å². The van der Waals surface area contributed by atoms with Gasteiger partial charge in [0.15, 0.2) is 12.3 Å². The average Bonchev–Trinajstić information content (AvgIpc) is 3.65. The van der Waals surface area contributed by atoms with E-state index in [4.69, 9.17) is 29.0 Å². The highest BCUT2D eigenvalue weighted by molar-refractivity contribution is 7.61. The number of hydrogen-bond donors (Lipinski definition) is 6. The number of ether oxygens (including phenoxy) is 3. The van der Waals surface area contributed by atoms with E-state index in [9.17, 15) is 48.6 Å². The molecule has 1 aliphatic heterocycles. The molecule has 21 heteroatoms. The van der Waals surface area contributed by atoms with E-state index in [0.717, 1.165) is 68.0 Å². The second-order valence-electron chi connectivity index (χ2n) is 19.2. The monoisotopic (exact) mass is 1110 g/mol. The first-order valence-electron chi connectivity index (χ1n) is 27.5. The molecule has 0 amide bonds. The van der Waals surface area contributed by atoms with E-state index in [0.29, 0.717) is 6.42 Å². The fraction of sp³-hybridized carbons (Fsp3) is 0.673. The van der Waals surface area contributed by atoms with Gasteiger partial charge in [-0.3, -0.25) is 23.2 Å². The number of aliphatic hydroxyl groups is 3. The van der Waals surface area contributed by atoms with Gasteiger partial charge in [-0.1, -0.05) is 190 Å². The number of esters is 2. The first-order valence-corrected chi connectivity index (χ1v) is 30.4. The summed E-state index contributed by atoms with van der Waals surface area (Å²) < 4.78 is 56.7. The number of anilines is 1. The summed E-state index contributed by atoms with van der Waals surface area (Å²) in [6.07, 6.45) is 38.6. The van der Waals surface area contributed by atoms with Crippen LogP contribution in [0.2, 0.25) is 0 Å². The number of unbranched alkanes of at least 4 members (excludes halogenated alkanes) is 13. The van der Waals surface area contributed by atoms with Gasteiger partial charge in [-0.05, 0) is 56.9 Å². The first-order chi connectivity index (χ1) is 36.5. The van der Waals surface area contributed by atoms with Crippen LogP contribution in [-0.4, -0.2) is 96.9 Å². The predicted octanol–water partition coefficient (Wildman–Crippen LogP) is 10.9. The smallest absolute Gasteiger partial charge is 0.462 e. The lowest BCUT2D eigenvalue weighted by atomic mass is 9.99. The van der Waals surface area contributed by atoms with Crippen LogP contribution in [0.3, 0.4) is 0 Å². The minimum absolute atomic E-state index is 0.0891. The summed E-state index contributed by atoms with van der Waals surface area (Å²) in [6.45, 7) is 4.24. The zero-order valence-corrected chi connectivity index (χ0v) is 47.1. The Morgan fingerprint density at radius 1 is 0.750 bits per heavy atom. The fourth-order valence-electron chi connectivity index (χ4n) is 7.81. The number of nitrogens with zero attached hydrogens (tertiary/aromatic N) is 2. The topological polar surface area (TPSA) is 286 Å². The molecule has 0 spiro atoms. The summed E-state index contributed by atoms with van der Waals surface area (Å²) in [5, 5.41) is 31.3. The lowest BCUT2D eigenvalue weighted by molar-refractivity contribution is -0.161. The number of hydrogen-bond acceptors (Lipinski definition) is 16. The number of phosphoric ester groups is 2. The van der Waals surface area contributed by atoms with Crippen LogP contribution in [-0.2, 0) is 46.3 Å². The van der Waals surface area contributed by atoms with Crippen LogP contribution in [0.4, 0.5) is 5.82 Å². The molecule has 0 bridgehead atoms. The van der Waals surface area contributed by atoms with Gasteiger partial charge in [0.25, 0.3) is 0 Å². The summed E-state index contributed by atoms with van der Waals surface area (Å²) in [6, 6.07) is 1.24. The third-order valence-corrected chi connectivity index (χ3v) is 15.0. The molecule has 1 aliphatic rings. The number of carbonyl (C=O) groups excluding carboxylic acids is 2. The van der Waals surface area contributed by atoms with Crippen LogP contribution < -0.4 is 11.4 Å². The Kier molecular flexibility index (Phi) is 37.0. The van der Waals surface area contributed by atoms with Gasteiger partial charge in [0.05, 0.1) is 19.3 Å². The van der Waals surface area contributed by atoms with Gasteiger partial charge in [0.2, 0.25) is 0 Å². The van der Waals surface area contributed by atoms with Crippen LogP contribution in [0.1, 0.15) is 181 Å². The summed E-state index contributed by atoms with van der Waals surface area (Å²) in [7, 11) is -10.9.